The standard InChI is InChI=1S/C21H21FN6O3S/c1-28-13-25-27-21(28)32-12-18(29)26-15-6-4-5-14(11-15)19(30)23-9-10-24-20(31)16-7-2-3-8-17(16)22/h2-8,11,13H,9-10,12H2,1H3,(H,23,30)(H,24,31)(H,26,29). The van der Waals surface area contributed by atoms with Crippen molar-refractivity contribution in [3.63, 3.8) is 0 Å². The molecule has 0 aliphatic carbocycles. The summed E-state index contributed by atoms with van der Waals surface area (Å²) in [6.45, 7) is 0.290. The predicted octanol–water partition coefficient (Wildman–Crippen LogP) is 1.84. The number of nitrogens with one attached hydrogen (secondary N) is 3. The molecule has 32 heavy (non-hydrogen) atoms. The van der Waals surface area contributed by atoms with E-state index in [0.29, 0.717) is 16.4 Å². The Morgan fingerprint density at radius 3 is 2.50 bits per heavy atom. The molecule has 0 atom stereocenters. The third-order valence-corrected chi connectivity index (χ3v) is 5.26. The van der Waals surface area contributed by atoms with E-state index in [1.165, 1.54) is 30.0 Å². The molecule has 0 bridgehead atoms. The Hall–Kier alpha value is -3.73. The summed E-state index contributed by atoms with van der Waals surface area (Å²) in [5.74, 6) is -1.63. The van der Waals surface area contributed by atoms with Gasteiger partial charge in [-0.1, -0.05) is 30.0 Å². The number of nitrogens with zero attached hydrogens (tertiary/aromatic N) is 3. The molecule has 0 unspecified atom stereocenters. The molecule has 3 rings (SSSR count). The van der Waals surface area contributed by atoms with Crippen LogP contribution in [-0.4, -0.2) is 51.3 Å². The van der Waals surface area contributed by atoms with Crippen molar-refractivity contribution in [1.82, 2.24) is 25.4 Å². The zero-order valence-electron chi connectivity index (χ0n) is 17.2. The lowest BCUT2D eigenvalue weighted by molar-refractivity contribution is -0.113. The monoisotopic (exact) mass is 456 g/mol. The number of hydrogen-bond donors (Lipinski definition) is 3. The fourth-order valence-corrected chi connectivity index (χ4v) is 3.35. The van der Waals surface area contributed by atoms with E-state index < -0.39 is 11.7 Å². The minimum absolute atomic E-state index is 0.0559. The second kappa shape index (κ2) is 11.0. The van der Waals surface area contributed by atoms with Crippen molar-refractivity contribution in [1.29, 1.82) is 0 Å². The third kappa shape index (κ3) is 6.38. The number of benzene rings is 2. The minimum atomic E-state index is -0.608. The highest BCUT2D eigenvalue weighted by molar-refractivity contribution is 7.99. The maximum atomic E-state index is 13.6. The van der Waals surface area contributed by atoms with Crippen LogP contribution >= 0.6 is 11.8 Å². The zero-order valence-corrected chi connectivity index (χ0v) is 18.0. The largest absolute Gasteiger partial charge is 0.350 e. The van der Waals surface area contributed by atoms with Crippen LogP contribution in [0.5, 0.6) is 0 Å². The molecule has 1 aromatic heterocycles. The SMILES string of the molecule is Cn1cnnc1SCC(=O)Nc1cccc(C(=O)NCCNC(=O)c2ccccc2F)c1. The summed E-state index contributed by atoms with van der Waals surface area (Å²) in [5, 5.41) is 16.2. The highest BCUT2D eigenvalue weighted by atomic mass is 32.2. The molecular formula is C21H21FN6O3S. The van der Waals surface area contributed by atoms with Crippen molar-refractivity contribution >= 4 is 35.2 Å². The van der Waals surface area contributed by atoms with Gasteiger partial charge in [0.2, 0.25) is 5.91 Å². The summed E-state index contributed by atoms with van der Waals surface area (Å²) in [6, 6.07) is 12.2. The van der Waals surface area contributed by atoms with Crippen LogP contribution in [0.3, 0.4) is 0 Å². The van der Waals surface area contributed by atoms with Crippen molar-refractivity contribution in [2.24, 2.45) is 7.05 Å². The first-order chi connectivity index (χ1) is 15.4. The van der Waals surface area contributed by atoms with E-state index in [4.69, 9.17) is 0 Å². The Bertz CT molecular complexity index is 1120. The average molecular weight is 457 g/mol. The maximum absolute atomic E-state index is 13.6. The first kappa shape index (κ1) is 22.9. The summed E-state index contributed by atoms with van der Waals surface area (Å²) < 4.78 is 15.3. The molecule has 0 saturated heterocycles. The number of aromatic nitrogens is 3. The zero-order chi connectivity index (χ0) is 22.9. The van der Waals surface area contributed by atoms with Gasteiger partial charge in [0.15, 0.2) is 5.16 Å². The van der Waals surface area contributed by atoms with E-state index in [2.05, 4.69) is 26.1 Å². The van der Waals surface area contributed by atoms with E-state index in [0.717, 1.165) is 0 Å². The number of halogens is 1. The molecule has 1 heterocycles. The van der Waals surface area contributed by atoms with Gasteiger partial charge in [0.1, 0.15) is 12.1 Å². The lowest BCUT2D eigenvalue weighted by Gasteiger charge is -2.09. The Morgan fingerprint density at radius 2 is 1.78 bits per heavy atom. The summed E-state index contributed by atoms with van der Waals surface area (Å²) >= 11 is 1.25. The average Bonchev–Trinajstić information content (AvgIpc) is 3.20. The van der Waals surface area contributed by atoms with Gasteiger partial charge in [0.25, 0.3) is 11.8 Å². The molecule has 3 amide bonds. The lowest BCUT2D eigenvalue weighted by Crippen LogP contribution is -2.35. The minimum Gasteiger partial charge on any atom is -0.350 e. The van der Waals surface area contributed by atoms with Crippen LogP contribution in [-0.2, 0) is 11.8 Å². The Morgan fingerprint density at radius 1 is 1.03 bits per heavy atom. The van der Waals surface area contributed by atoms with Crippen LogP contribution in [0, 0.1) is 5.82 Å². The quantitative estimate of drug-likeness (QED) is 0.334. The molecular weight excluding hydrogens is 435 g/mol. The van der Waals surface area contributed by atoms with Crippen molar-refractivity contribution in [3.05, 3.63) is 71.8 Å². The van der Waals surface area contributed by atoms with Gasteiger partial charge in [-0.2, -0.15) is 0 Å². The van der Waals surface area contributed by atoms with Gasteiger partial charge in [-0.25, -0.2) is 4.39 Å². The summed E-state index contributed by atoms with van der Waals surface area (Å²) in [6.07, 6.45) is 1.55. The molecule has 166 valence electrons. The van der Waals surface area contributed by atoms with Crippen LogP contribution < -0.4 is 16.0 Å². The van der Waals surface area contributed by atoms with Gasteiger partial charge >= 0.3 is 0 Å². The van der Waals surface area contributed by atoms with Gasteiger partial charge < -0.3 is 20.5 Å². The molecule has 11 heteroatoms. The lowest BCUT2D eigenvalue weighted by atomic mass is 10.2. The smallest absolute Gasteiger partial charge is 0.254 e. The van der Waals surface area contributed by atoms with Crippen molar-refractivity contribution in [2.45, 2.75) is 5.16 Å². The second-order valence-corrected chi connectivity index (χ2v) is 7.58. The van der Waals surface area contributed by atoms with Crippen molar-refractivity contribution < 1.29 is 18.8 Å². The number of carbonyl (C=O) groups is 3. The number of hydrogen-bond acceptors (Lipinski definition) is 6. The van der Waals surface area contributed by atoms with Gasteiger partial charge in [-0.15, -0.1) is 10.2 Å². The molecule has 0 radical (unpaired) electrons. The first-order valence-electron chi connectivity index (χ1n) is 9.61. The van der Waals surface area contributed by atoms with E-state index >= 15 is 0 Å². The number of carbonyl (C=O) groups excluding carboxylic acids is 3. The van der Waals surface area contributed by atoms with Gasteiger partial charge in [0.05, 0.1) is 11.3 Å². The van der Waals surface area contributed by atoms with E-state index in [-0.39, 0.29) is 36.2 Å². The topological polar surface area (TPSA) is 118 Å². The molecule has 0 aliphatic rings. The highest BCUT2D eigenvalue weighted by Gasteiger charge is 2.12. The molecule has 3 N–H and O–H groups in total. The fourth-order valence-electron chi connectivity index (χ4n) is 2.66. The third-order valence-electron chi connectivity index (χ3n) is 4.23. The molecule has 3 aromatic rings. The number of rotatable bonds is 9. The van der Waals surface area contributed by atoms with Gasteiger partial charge in [-0.05, 0) is 30.3 Å². The molecule has 0 saturated carbocycles. The second-order valence-electron chi connectivity index (χ2n) is 6.63. The first-order valence-corrected chi connectivity index (χ1v) is 10.6. The normalized spacial score (nSPS) is 10.4. The van der Waals surface area contributed by atoms with Crippen molar-refractivity contribution in [2.75, 3.05) is 24.2 Å². The van der Waals surface area contributed by atoms with E-state index in [1.807, 2.05) is 0 Å². The highest BCUT2D eigenvalue weighted by Crippen LogP contribution is 2.15. The van der Waals surface area contributed by atoms with E-state index in [9.17, 15) is 18.8 Å². The summed E-state index contributed by atoms with van der Waals surface area (Å²) in [4.78, 5) is 36.5. The molecule has 0 spiro atoms. The molecule has 0 aliphatic heterocycles. The predicted molar refractivity (Wildman–Crippen MR) is 118 cm³/mol. The molecule has 0 fully saturated rings. The number of amides is 3. The number of aryl methyl sites for hydroxylation is 1. The number of thioether (sulfide) groups is 1. The van der Waals surface area contributed by atoms with E-state index in [1.54, 1.807) is 48.3 Å². The molecule has 9 nitrogen and oxygen atoms in total. The van der Waals surface area contributed by atoms with Crippen LogP contribution in [0.15, 0.2) is 60.0 Å². The summed E-state index contributed by atoms with van der Waals surface area (Å²) in [7, 11) is 1.79. The summed E-state index contributed by atoms with van der Waals surface area (Å²) in [5.41, 5.74) is 0.776. The van der Waals surface area contributed by atoms with Crippen molar-refractivity contribution in [3.8, 4) is 0 Å². The number of anilines is 1. The van der Waals surface area contributed by atoms with Crippen LogP contribution in [0.4, 0.5) is 10.1 Å². The van der Waals surface area contributed by atoms with Gasteiger partial charge in [0, 0.05) is 31.4 Å². The van der Waals surface area contributed by atoms with Crippen LogP contribution in [0.1, 0.15) is 20.7 Å². The Balaban J connectivity index is 1.44. The Kier molecular flexibility index (Phi) is 7.92. The van der Waals surface area contributed by atoms with Crippen LogP contribution in [0.25, 0.3) is 0 Å². The maximum Gasteiger partial charge on any atom is 0.254 e. The molecule has 2 aromatic carbocycles. The van der Waals surface area contributed by atoms with Gasteiger partial charge in [-0.3, -0.25) is 14.4 Å². The fraction of sp³-hybridized carbons (Fsp3) is 0.190. The Labute approximate surface area is 187 Å². The van der Waals surface area contributed by atoms with Crippen LogP contribution in [0.2, 0.25) is 0 Å².